The van der Waals surface area contributed by atoms with Crippen molar-refractivity contribution in [2.75, 3.05) is 26.4 Å². The highest BCUT2D eigenvalue weighted by molar-refractivity contribution is 5.89. The molecule has 0 spiro atoms. The Hall–Kier alpha value is -3.17. The van der Waals surface area contributed by atoms with Crippen molar-refractivity contribution in [2.24, 2.45) is 0 Å². The van der Waals surface area contributed by atoms with Crippen LogP contribution in [0, 0.1) is 18.8 Å². The molecule has 0 aliphatic heterocycles. The number of carbonyl (C=O) groups is 1. The second-order valence-electron chi connectivity index (χ2n) is 23.8. The highest BCUT2D eigenvalue weighted by atomic mass is 16.5. The molecule has 0 atom stereocenters. The Morgan fingerprint density at radius 2 is 0.709 bits per heavy atom. The van der Waals surface area contributed by atoms with E-state index in [1.54, 1.807) is 6.07 Å². The number of rotatable bonds is 58. The molecule has 0 saturated heterocycles. The Morgan fingerprint density at radius 3 is 1.01 bits per heavy atom. The van der Waals surface area contributed by atoms with Crippen molar-refractivity contribution < 1.29 is 28.8 Å². The number of aliphatic hydroxyl groups excluding tert-OH is 1. The first-order valence-electron chi connectivity index (χ1n) is 34.5. The number of hydrogen-bond donors (Lipinski definition) is 1. The monoisotopic (exact) mass is 1100 g/mol. The van der Waals surface area contributed by atoms with Crippen LogP contribution in [-0.4, -0.2) is 37.5 Å². The number of hydrogen-bond acceptors (Lipinski definition) is 6. The van der Waals surface area contributed by atoms with E-state index in [-0.39, 0.29) is 19.2 Å². The average molecular weight is 1100 g/mol. The van der Waals surface area contributed by atoms with Gasteiger partial charge >= 0.3 is 5.97 Å². The maximum atomic E-state index is 13.5. The third-order valence-corrected chi connectivity index (χ3v) is 16.1. The lowest BCUT2D eigenvalue weighted by molar-refractivity contribution is 0.0471. The summed E-state index contributed by atoms with van der Waals surface area (Å²) in [7, 11) is 0. The molecule has 0 radical (unpaired) electrons. The maximum absolute atomic E-state index is 13.5. The van der Waals surface area contributed by atoms with Crippen LogP contribution < -0.4 is 14.2 Å². The van der Waals surface area contributed by atoms with E-state index in [4.69, 9.17) is 24.1 Å². The summed E-state index contributed by atoms with van der Waals surface area (Å²) in [5, 5.41) is 9.17. The summed E-state index contributed by atoms with van der Waals surface area (Å²) in [6.07, 6.45) is 64.6. The third kappa shape index (κ3) is 42.3. The molecule has 6 heteroatoms. The molecular weight excluding hydrogens is 973 g/mol. The number of ether oxygens (including phenoxy) is 4. The highest BCUT2D eigenvalue weighted by Crippen LogP contribution is 2.40. The second kappa shape index (κ2) is 55.4. The predicted octanol–water partition coefficient (Wildman–Crippen LogP) is 23.0. The summed E-state index contributed by atoms with van der Waals surface area (Å²) >= 11 is 0. The van der Waals surface area contributed by atoms with Crippen molar-refractivity contribution in [2.45, 2.75) is 349 Å². The van der Waals surface area contributed by atoms with Gasteiger partial charge in [0.25, 0.3) is 0 Å². The zero-order valence-electron chi connectivity index (χ0n) is 52.6. The van der Waals surface area contributed by atoms with Crippen molar-refractivity contribution in [1.29, 1.82) is 0 Å². The van der Waals surface area contributed by atoms with E-state index < -0.39 is 0 Å². The third-order valence-electron chi connectivity index (χ3n) is 16.1. The summed E-state index contributed by atoms with van der Waals surface area (Å²) in [6.45, 7) is 10.8. The van der Waals surface area contributed by atoms with Gasteiger partial charge in [0.15, 0.2) is 11.5 Å². The lowest BCUT2D eigenvalue weighted by atomic mass is 10.0. The van der Waals surface area contributed by atoms with E-state index in [1.165, 1.54) is 270 Å². The van der Waals surface area contributed by atoms with Gasteiger partial charge in [0.1, 0.15) is 6.61 Å². The Kier molecular flexibility index (Phi) is 50.4. The molecule has 0 fully saturated rings. The summed E-state index contributed by atoms with van der Waals surface area (Å²) in [6, 6.07) is 9.48. The van der Waals surface area contributed by atoms with Gasteiger partial charge in [-0.2, -0.15) is 0 Å². The molecule has 2 rings (SSSR count). The molecule has 0 aromatic heterocycles. The van der Waals surface area contributed by atoms with Crippen molar-refractivity contribution in [1.82, 2.24) is 0 Å². The second-order valence-corrected chi connectivity index (χ2v) is 23.8. The van der Waals surface area contributed by atoms with Gasteiger partial charge in [-0.05, 0) is 67.6 Å². The van der Waals surface area contributed by atoms with Gasteiger partial charge in [0.05, 0.1) is 32.0 Å². The molecular formula is C73H126O6. The average Bonchev–Trinajstić information content (AvgIpc) is 3.47. The number of aliphatic hydroxyl groups is 1. The summed E-state index contributed by atoms with van der Waals surface area (Å²) in [5.41, 5.74) is 3.07. The lowest BCUT2D eigenvalue weighted by Crippen LogP contribution is -2.09. The van der Waals surface area contributed by atoms with Crippen LogP contribution in [0.1, 0.15) is 362 Å². The number of aryl methyl sites for hydroxylation is 1. The number of benzene rings is 2. The topological polar surface area (TPSA) is 74.2 Å². The summed E-state index contributed by atoms with van der Waals surface area (Å²) in [5.74, 6) is 7.77. The molecule has 2 aromatic rings. The van der Waals surface area contributed by atoms with Crippen molar-refractivity contribution >= 4 is 5.97 Å². The standard InChI is InChI=1S/C73H126O6/c1-5-8-11-14-17-20-23-26-29-32-35-38-41-44-47-52-59-76-70-63-67(65-79-73(75)69-57-56-68(66(4)62-69)55-50-51-58-74)64-71(77-60-53-48-45-42-39-36-33-30-27-24-21-18-15-12-9-6-2)72(70)78-61-54-49-46-43-40-37-34-31-28-25-22-19-16-13-10-7-3/h56-57,62-64,74H,5-49,51-54,58-61,65H2,1-4H3. The predicted molar refractivity (Wildman–Crippen MR) is 340 cm³/mol. The minimum absolute atomic E-state index is 0.0295. The molecule has 79 heavy (non-hydrogen) atoms. The van der Waals surface area contributed by atoms with E-state index in [9.17, 15) is 4.79 Å². The van der Waals surface area contributed by atoms with E-state index in [1.807, 2.05) is 31.2 Å². The zero-order valence-corrected chi connectivity index (χ0v) is 52.6. The smallest absolute Gasteiger partial charge is 0.338 e. The fraction of sp³-hybridized carbons (Fsp3) is 0.795. The van der Waals surface area contributed by atoms with Crippen LogP contribution in [-0.2, 0) is 11.3 Å². The first-order valence-corrected chi connectivity index (χ1v) is 34.5. The van der Waals surface area contributed by atoms with Crippen LogP contribution in [0.3, 0.4) is 0 Å². The van der Waals surface area contributed by atoms with Crippen LogP contribution in [0.15, 0.2) is 30.3 Å². The van der Waals surface area contributed by atoms with Gasteiger partial charge in [-0.1, -0.05) is 322 Å². The van der Waals surface area contributed by atoms with Gasteiger partial charge in [-0.15, -0.1) is 0 Å². The maximum Gasteiger partial charge on any atom is 0.338 e. The molecule has 0 amide bonds. The van der Waals surface area contributed by atoms with Crippen molar-refractivity contribution in [3.63, 3.8) is 0 Å². The Labute approximate surface area is 489 Å². The number of carbonyl (C=O) groups excluding carboxylic acids is 1. The van der Waals surface area contributed by atoms with Gasteiger partial charge in [-0.3, -0.25) is 0 Å². The fourth-order valence-corrected chi connectivity index (χ4v) is 10.9. The lowest BCUT2D eigenvalue weighted by Gasteiger charge is -2.19. The quantitative estimate of drug-likeness (QED) is 0.0404. The molecule has 6 nitrogen and oxygen atoms in total. The zero-order chi connectivity index (χ0) is 56.6. The number of unbranched alkanes of at least 4 members (excludes halogenated alkanes) is 45. The first kappa shape index (κ1) is 71.9. The normalized spacial score (nSPS) is 11.3. The van der Waals surface area contributed by atoms with Crippen LogP contribution in [0.5, 0.6) is 17.2 Å². The Bertz CT molecular complexity index is 1670. The summed E-state index contributed by atoms with van der Waals surface area (Å²) in [4.78, 5) is 13.5. The van der Waals surface area contributed by atoms with Crippen molar-refractivity contribution in [3.8, 4) is 29.1 Å². The number of esters is 1. The van der Waals surface area contributed by atoms with E-state index in [0.29, 0.717) is 49.1 Å². The minimum atomic E-state index is -0.381. The molecule has 0 aliphatic carbocycles. The fourth-order valence-electron chi connectivity index (χ4n) is 10.9. The van der Waals surface area contributed by atoms with Gasteiger partial charge < -0.3 is 24.1 Å². The van der Waals surface area contributed by atoms with E-state index in [2.05, 4.69) is 32.6 Å². The molecule has 2 aromatic carbocycles. The van der Waals surface area contributed by atoms with E-state index in [0.717, 1.165) is 55.2 Å². The Morgan fingerprint density at radius 1 is 0.405 bits per heavy atom. The van der Waals surface area contributed by atoms with Crippen molar-refractivity contribution in [3.05, 3.63) is 52.6 Å². The molecule has 0 unspecified atom stereocenters. The molecule has 0 heterocycles. The van der Waals surface area contributed by atoms with Crippen LogP contribution >= 0.6 is 0 Å². The van der Waals surface area contributed by atoms with Gasteiger partial charge in [0, 0.05) is 12.0 Å². The molecule has 0 bridgehead atoms. The molecule has 454 valence electrons. The van der Waals surface area contributed by atoms with E-state index >= 15 is 0 Å². The van der Waals surface area contributed by atoms with Crippen LogP contribution in [0.4, 0.5) is 0 Å². The largest absolute Gasteiger partial charge is 0.490 e. The van der Waals surface area contributed by atoms with Crippen LogP contribution in [0.2, 0.25) is 0 Å². The Balaban J connectivity index is 2.00. The molecule has 1 N–H and O–H groups in total. The van der Waals surface area contributed by atoms with Gasteiger partial charge in [0.2, 0.25) is 5.75 Å². The SMILES string of the molecule is CCCCCCCCCCCCCCCCCCOc1cc(COC(=O)c2ccc(C#CCCO)c(C)c2)cc(OCCCCCCCCCCCCCCCCCC)c1OCCCCCCCCCCCCCCCCCC. The highest BCUT2D eigenvalue weighted by Gasteiger charge is 2.18. The molecule has 0 saturated carbocycles. The van der Waals surface area contributed by atoms with Crippen LogP contribution in [0.25, 0.3) is 0 Å². The first-order chi connectivity index (χ1) is 39.0. The summed E-state index contributed by atoms with van der Waals surface area (Å²) < 4.78 is 25.9. The molecule has 0 aliphatic rings. The van der Waals surface area contributed by atoms with Gasteiger partial charge in [-0.25, -0.2) is 4.79 Å². The minimum Gasteiger partial charge on any atom is -0.490 e.